The van der Waals surface area contributed by atoms with Gasteiger partial charge >= 0.3 is 0 Å². The number of hydrogen-bond acceptors (Lipinski definition) is 4. The molecule has 5 nitrogen and oxygen atoms in total. The van der Waals surface area contributed by atoms with E-state index in [1.54, 1.807) is 23.6 Å². The molecule has 1 amide bonds. The van der Waals surface area contributed by atoms with Crippen molar-refractivity contribution in [2.45, 2.75) is 19.4 Å². The Bertz CT molecular complexity index is 628. The smallest absolute Gasteiger partial charge is 0.248 e. The van der Waals surface area contributed by atoms with E-state index in [9.17, 15) is 4.79 Å². The van der Waals surface area contributed by atoms with E-state index < -0.39 is 0 Å². The largest absolute Gasteiger partial charge is 0.381 e. The average Bonchev–Trinajstić information content (AvgIpc) is 3.18. The Labute approximate surface area is 133 Å². The number of aromatic nitrogens is 2. The van der Waals surface area contributed by atoms with E-state index in [1.807, 2.05) is 34.5 Å². The molecular formula is C16H19N3O2S. The van der Waals surface area contributed by atoms with Crippen LogP contribution in [-0.4, -0.2) is 28.9 Å². The topological polar surface area (TPSA) is 56.2 Å². The zero-order valence-electron chi connectivity index (χ0n) is 12.3. The second kappa shape index (κ2) is 7.38. The maximum Gasteiger partial charge on any atom is 0.248 e. The Morgan fingerprint density at radius 3 is 3.14 bits per heavy atom. The minimum Gasteiger partial charge on any atom is -0.381 e. The number of ether oxygens (including phenoxy) is 1. The fraction of sp³-hybridized carbons (Fsp3) is 0.375. The molecule has 0 bridgehead atoms. The number of nitrogens with zero attached hydrogens (tertiary/aromatic N) is 2. The van der Waals surface area contributed by atoms with Gasteiger partial charge in [0.05, 0.1) is 11.9 Å². The SMILES string of the molecule is O=C(C=Cc1cccs1)Nc1cnn(CC2CCOCC2)c1. The summed E-state index contributed by atoms with van der Waals surface area (Å²) in [6.07, 6.45) is 9.08. The van der Waals surface area contributed by atoms with E-state index in [1.165, 1.54) is 0 Å². The maximum atomic E-state index is 11.9. The minimum atomic E-state index is -0.140. The Kier molecular flexibility index (Phi) is 5.03. The van der Waals surface area contributed by atoms with Gasteiger partial charge in [-0.15, -0.1) is 11.3 Å². The summed E-state index contributed by atoms with van der Waals surface area (Å²) in [6.45, 7) is 2.55. The summed E-state index contributed by atoms with van der Waals surface area (Å²) in [5.74, 6) is 0.468. The zero-order valence-corrected chi connectivity index (χ0v) is 13.1. The van der Waals surface area contributed by atoms with Crippen LogP contribution in [0, 0.1) is 5.92 Å². The first-order valence-corrected chi connectivity index (χ1v) is 8.30. The second-order valence-corrected chi connectivity index (χ2v) is 6.32. The van der Waals surface area contributed by atoms with Gasteiger partial charge in [0.2, 0.25) is 5.91 Å². The van der Waals surface area contributed by atoms with Crippen LogP contribution in [0.1, 0.15) is 17.7 Å². The van der Waals surface area contributed by atoms with Gasteiger partial charge in [-0.25, -0.2) is 0 Å². The van der Waals surface area contributed by atoms with Crippen molar-refractivity contribution in [3.05, 3.63) is 40.9 Å². The number of carbonyl (C=O) groups excluding carboxylic acids is 1. The number of thiophene rings is 1. The van der Waals surface area contributed by atoms with Crippen molar-refractivity contribution in [3.63, 3.8) is 0 Å². The first kappa shape index (κ1) is 15.0. The predicted octanol–water partition coefficient (Wildman–Crippen LogP) is 3.02. The standard InChI is InChI=1S/C16H19N3O2S/c20-16(4-3-15-2-1-9-22-15)18-14-10-17-19(12-14)11-13-5-7-21-8-6-13/h1-4,9-10,12-13H,5-8,11H2,(H,18,20). The van der Waals surface area contributed by atoms with Crippen molar-refractivity contribution in [2.75, 3.05) is 18.5 Å². The van der Waals surface area contributed by atoms with Crippen LogP contribution in [0.4, 0.5) is 5.69 Å². The van der Waals surface area contributed by atoms with Gasteiger partial charge in [0.15, 0.2) is 0 Å². The second-order valence-electron chi connectivity index (χ2n) is 5.34. The Morgan fingerprint density at radius 1 is 1.50 bits per heavy atom. The highest BCUT2D eigenvalue weighted by molar-refractivity contribution is 7.10. The summed E-state index contributed by atoms with van der Waals surface area (Å²) in [5.41, 5.74) is 0.730. The van der Waals surface area contributed by atoms with Crippen LogP contribution < -0.4 is 5.32 Å². The van der Waals surface area contributed by atoms with Crippen LogP contribution in [0.2, 0.25) is 0 Å². The van der Waals surface area contributed by atoms with E-state index >= 15 is 0 Å². The first-order chi connectivity index (χ1) is 10.8. The van der Waals surface area contributed by atoms with E-state index in [-0.39, 0.29) is 5.91 Å². The minimum absolute atomic E-state index is 0.140. The molecule has 0 aliphatic carbocycles. The fourth-order valence-electron chi connectivity index (χ4n) is 2.45. The van der Waals surface area contributed by atoms with Crippen molar-refractivity contribution >= 4 is 29.0 Å². The molecule has 1 fully saturated rings. The van der Waals surface area contributed by atoms with Crippen molar-refractivity contribution in [1.29, 1.82) is 0 Å². The van der Waals surface area contributed by atoms with Crippen LogP contribution in [0.3, 0.4) is 0 Å². The third-order valence-corrected chi connectivity index (χ3v) is 4.47. The lowest BCUT2D eigenvalue weighted by molar-refractivity contribution is -0.111. The quantitative estimate of drug-likeness (QED) is 0.862. The van der Waals surface area contributed by atoms with E-state index in [4.69, 9.17) is 4.74 Å². The summed E-state index contributed by atoms with van der Waals surface area (Å²) >= 11 is 1.60. The number of carbonyl (C=O) groups is 1. The Hall–Kier alpha value is -1.92. The third kappa shape index (κ3) is 4.29. The Balaban J connectivity index is 1.51. The predicted molar refractivity (Wildman–Crippen MR) is 87.8 cm³/mol. The lowest BCUT2D eigenvalue weighted by atomic mass is 10.0. The highest BCUT2D eigenvalue weighted by atomic mass is 32.1. The van der Waals surface area contributed by atoms with Gasteiger partial charge in [0.1, 0.15) is 0 Å². The van der Waals surface area contributed by atoms with E-state index in [2.05, 4.69) is 10.4 Å². The number of nitrogens with one attached hydrogen (secondary N) is 1. The van der Waals surface area contributed by atoms with E-state index in [0.29, 0.717) is 5.92 Å². The van der Waals surface area contributed by atoms with Crippen LogP contribution in [-0.2, 0) is 16.1 Å². The molecule has 1 aliphatic heterocycles. The molecule has 0 unspecified atom stereocenters. The molecule has 2 aromatic rings. The van der Waals surface area contributed by atoms with Gasteiger partial charge in [0, 0.05) is 36.9 Å². The molecule has 1 N–H and O–H groups in total. The number of hydrogen-bond donors (Lipinski definition) is 1. The van der Waals surface area contributed by atoms with Crippen LogP contribution in [0.5, 0.6) is 0 Å². The normalized spacial score (nSPS) is 16.2. The van der Waals surface area contributed by atoms with Crippen molar-refractivity contribution in [2.24, 2.45) is 5.92 Å². The molecule has 116 valence electrons. The van der Waals surface area contributed by atoms with Gasteiger partial charge < -0.3 is 10.1 Å². The van der Waals surface area contributed by atoms with Crippen LogP contribution >= 0.6 is 11.3 Å². The van der Waals surface area contributed by atoms with Gasteiger partial charge in [-0.05, 0) is 36.3 Å². The average molecular weight is 317 g/mol. The van der Waals surface area contributed by atoms with Crippen molar-refractivity contribution in [3.8, 4) is 0 Å². The summed E-state index contributed by atoms with van der Waals surface area (Å²) in [6, 6.07) is 3.93. The molecule has 0 radical (unpaired) electrons. The van der Waals surface area contributed by atoms with Crippen LogP contribution in [0.15, 0.2) is 36.0 Å². The third-order valence-electron chi connectivity index (χ3n) is 3.63. The first-order valence-electron chi connectivity index (χ1n) is 7.42. The number of rotatable bonds is 5. The summed E-state index contributed by atoms with van der Waals surface area (Å²) < 4.78 is 7.26. The van der Waals surface area contributed by atoms with Gasteiger partial charge in [-0.3, -0.25) is 9.48 Å². The van der Waals surface area contributed by atoms with Crippen LogP contribution in [0.25, 0.3) is 6.08 Å². The van der Waals surface area contributed by atoms with Gasteiger partial charge in [-0.1, -0.05) is 6.07 Å². The molecule has 1 saturated heterocycles. The number of anilines is 1. The lowest BCUT2D eigenvalue weighted by Gasteiger charge is -2.21. The molecule has 0 spiro atoms. The van der Waals surface area contributed by atoms with Crippen molar-refractivity contribution in [1.82, 2.24) is 9.78 Å². The highest BCUT2D eigenvalue weighted by Gasteiger charge is 2.14. The molecule has 1 aliphatic rings. The summed E-state index contributed by atoms with van der Waals surface area (Å²) in [4.78, 5) is 12.9. The lowest BCUT2D eigenvalue weighted by Crippen LogP contribution is -2.20. The van der Waals surface area contributed by atoms with E-state index in [0.717, 1.165) is 43.2 Å². The molecule has 3 heterocycles. The van der Waals surface area contributed by atoms with Gasteiger partial charge in [0.25, 0.3) is 0 Å². The number of amides is 1. The zero-order chi connectivity index (χ0) is 15.2. The molecule has 0 atom stereocenters. The fourth-order valence-corrected chi connectivity index (χ4v) is 3.07. The molecule has 0 saturated carbocycles. The molecule has 2 aromatic heterocycles. The van der Waals surface area contributed by atoms with Crippen molar-refractivity contribution < 1.29 is 9.53 Å². The molecule has 3 rings (SSSR count). The molecule has 6 heteroatoms. The monoisotopic (exact) mass is 317 g/mol. The Morgan fingerprint density at radius 2 is 2.36 bits per heavy atom. The van der Waals surface area contributed by atoms with Gasteiger partial charge in [-0.2, -0.15) is 5.10 Å². The summed E-state index contributed by atoms with van der Waals surface area (Å²) in [5, 5.41) is 9.13. The summed E-state index contributed by atoms with van der Waals surface area (Å²) in [7, 11) is 0. The molecule has 22 heavy (non-hydrogen) atoms. The molecular weight excluding hydrogens is 298 g/mol. The highest BCUT2D eigenvalue weighted by Crippen LogP contribution is 2.17. The molecule has 0 aromatic carbocycles. The maximum absolute atomic E-state index is 11.9.